The third-order valence-electron chi connectivity index (χ3n) is 3.72. The van der Waals surface area contributed by atoms with Gasteiger partial charge in [0.1, 0.15) is 0 Å². The van der Waals surface area contributed by atoms with Crippen LogP contribution in [0.3, 0.4) is 0 Å². The largest absolute Gasteiger partial charge is 0.352 e. The molecule has 1 saturated carbocycles. The van der Waals surface area contributed by atoms with Gasteiger partial charge in [-0.25, -0.2) is 0 Å². The van der Waals surface area contributed by atoms with Crippen LogP contribution >= 0.6 is 0 Å². The summed E-state index contributed by atoms with van der Waals surface area (Å²) in [5.41, 5.74) is 2.35. The number of amides is 1. The van der Waals surface area contributed by atoms with E-state index in [1.807, 2.05) is 12.3 Å². The molecule has 0 atom stereocenters. The first-order valence-electron chi connectivity index (χ1n) is 7.15. The molecule has 0 saturated heterocycles. The Morgan fingerprint density at radius 1 is 1.37 bits per heavy atom. The van der Waals surface area contributed by atoms with Crippen LogP contribution in [-0.4, -0.2) is 23.5 Å². The minimum atomic E-state index is 0.105. The molecule has 1 aliphatic rings. The summed E-state index contributed by atoms with van der Waals surface area (Å²) >= 11 is 0. The molecule has 104 valence electrons. The van der Waals surface area contributed by atoms with Crippen LogP contribution in [0.4, 0.5) is 0 Å². The second-order valence-electron chi connectivity index (χ2n) is 5.31. The summed E-state index contributed by atoms with van der Waals surface area (Å²) in [6.45, 7) is 3.13. The molecule has 2 rings (SSSR count). The number of nitrogens with zero attached hydrogens (tertiary/aromatic N) is 1. The number of rotatable bonds is 5. The van der Waals surface area contributed by atoms with Crippen molar-refractivity contribution in [3.05, 3.63) is 29.6 Å². The van der Waals surface area contributed by atoms with Crippen LogP contribution in [0, 0.1) is 6.92 Å². The lowest BCUT2D eigenvalue weighted by Crippen LogP contribution is -2.41. The zero-order valence-corrected chi connectivity index (χ0v) is 11.6. The highest BCUT2D eigenvalue weighted by atomic mass is 16.1. The minimum Gasteiger partial charge on any atom is -0.352 e. The Labute approximate surface area is 115 Å². The maximum Gasteiger partial charge on any atom is 0.234 e. The Morgan fingerprint density at radius 2 is 2.16 bits per heavy atom. The van der Waals surface area contributed by atoms with Crippen molar-refractivity contribution in [2.45, 2.75) is 51.6 Å². The number of nitrogens with one attached hydrogen (secondary N) is 2. The number of carbonyl (C=O) groups is 1. The van der Waals surface area contributed by atoms with Gasteiger partial charge in [-0.1, -0.05) is 19.3 Å². The number of carbonyl (C=O) groups excluding carboxylic acids is 1. The smallest absolute Gasteiger partial charge is 0.234 e. The lowest BCUT2D eigenvalue weighted by molar-refractivity contribution is -0.121. The summed E-state index contributed by atoms with van der Waals surface area (Å²) in [7, 11) is 0. The minimum absolute atomic E-state index is 0.105. The van der Waals surface area contributed by atoms with Crippen LogP contribution in [0.2, 0.25) is 0 Å². The van der Waals surface area contributed by atoms with Crippen molar-refractivity contribution in [1.82, 2.24) is 15.6 Å². The van der Waals surface area contributed by atoms with E-state index >= 15 is 0 Å². The van der Waals surface area contributed by atoms with Gasteiger partial charge in [0.2, 0.25) is 5.91 Å². The van der Waals surface area contributed by atoms with Crippen molar-refractivity contribution >= 4 is 5.91 Å². The molecule has 1 heterocycles. The summed E-state index contributed by atoms with van der Waals surface area (Å²) in [4.78, 5) is 15.9. The summed E-state index contributed by atoms with van der Waals surface area (Å²) in [6, 6.07) is 2.38. The Kier molecular flexibility index (Phi) is 5.33. The SMILES string of the molecule is Cc1ccncc1CNCC(=O)NC1CCCCC1. The first-order chi connectivity index (χ1) is 9.25. The molecule has 0 spiro atoms. The Bertz CT molecular complexity index is 414. The van der Waals surface area contributed by atoms with Gasteiger partial charge >= 0.3 is 0 Å². The summed E-state index contributed by atoms with van der Waals surface area (Å²) in [5.74, 6) is 0.105. The summed E-state index contributed by atoms with van der Waals surface area (Å²) in [5, 5.41) is 6.28. The van der Waals surface area contributed by atoms with Gasteiger partial charge in [0.05, 0.1) is 6.54 Å². The third-order valence-corrected chi connectivity index (χ3v) is 3.72. The highest BCUT2D eigenvalue weighted by molar-refractivity contribution is 5.78. The zero-order valence-electron chi connectivity index (χ0n) is 11.6. The van der Waals surface area contributed by atoms with Crippen molar-refractivity contribution in [2.75, 3.05) is 6.54 Å². The average molecular weight is 261 g/mol. The first-order valence-corrected chi connectivity index (χ1v) is 7.15. The first kappa shape index (κ1) is 14.0. The second kappa shape index (κ2) is 7.24. The van der Waals surface area contributed by atoms with Gasteiger partial charge in [0, 0.05) is 25.0 Å². The highest BCUT2D eigenvalue weighted by Gasteiger charge is 2.15. The molecule has 4 nitrogen and oxygen atoms in total. The maximum absolute atomic E-state index is 11.8. The van der Waals surface area contributed by atoms with E-state index in [9.17, 15) is 4.79 Å². The molecule has 0 bridgehead atoms. The quantitative estimate of drug-likeness (QED) is 0.851. The van der Waals surface area contributed by atoms with Gasteiger partial charge < -0.3 is 10.6 Å². The van der Waals surface area contributed by atoms with E-state index in [1.165, 1.54) is 24.8 Å². The molecule has 1 aromatic rings. The summed E-state index contributed by atoms with van der Waals surface area (Å²) in [6.07, 6.45) is 9.70. The van der Waals surface area contributed by atoms with E-state index < -0.39 is 0 Å². The molecule has 1 aliphatic carbocycles. The van der Waals surface area contributed by atoms with Crippen molar-refractivity contribution < 1.29 is 4.79 Å². The van der Waals surface area contributed by atoms with Gasteiger partial charge in [-0.2, -0.15) is 0 Å². The fourth-order valence-electron chi connectivity index (χ4n) is 2.52. The van der Waals surface area contributed by atoms with Crippen LogP contribution in [0.15, 0.2) is 18.5 Å². The molecule has 0 radical (unpaired) electrons. The van der Waals surface area contributed by atoms with Crippen molar-refractivity contribution in [2.24, 2.45) is 0 Å². The van der Waals surface area contributed by atoms with Gasteiger partial charge in [-0.15, -0.1) is 0 Å². The summed E-state index contributed by atoms with van der Waals surface area (Å²) < 4.78 is 0. The third kappa shape index (κ3) is 4.63. The molecular formula is C15H23N3O. The average Bonchev–Trinajstić information content (AvgIpc) is 2.42. The van der Waals surface area contributed by atoms with Crippen LogP contribution in [0.25, 0.3) is 0 Å². The van der Waals surface area contributed by atoms with Gasteiger partial charge in [-0.3, -0.25) is 9.78 Å². The lowest BCUT2D eigenvalue weighted by atomic mass is 9.95. The molecule has 19 heavy (non-hydrogen) atoms. The Hall–Kier alpha value is -1.42. The van der Waals surface area contributed by atoms with E-state index in [1.54, 1.807) is 6.20 Å². The molecule has 1 aromatic heterocycles. The zero-order chi connectivity index (χ0) is 13.5. The number of pyridine rings is 1. The normalized spacial score (nSPS) is 16.3. The molecule has 1 fully saturated rings. The van der Waals surface area contributed by atoms with Crippen molar-refractivity contribution in [1.29, 1.82) is 0 Å². The second-order valence-corrected chi connectivity index (χ2v) is 5.31. The fourth-order valence-corrected chi connectivity index (χ4v) is 2.52. The Morgan fingerprint density at radius 3 is 2.89 bits per heavy atom. The standard InChI is InChI=1S/C15H23N3O/c1-12-7-8-16-9-13(12)10-17-11-15(19)18-14-5-3-2-4-6-14/h7-9,14,17H,2-6,10-11H2,1H3,(H,18,19). The van der Waals surface area contributed by atoms with Gasteiger partial charge in [0.25, 0.3) is 0 Å². The number of hydrogen-bond acceptors (Lipinski definition) is 3. The van der Waals surface area contributed by atoms with Crippen LogP contribution < -0.4 is 10.6 Å². The van der Waals surface area contributed by atoms with E-state index in [2.05, 4.69) is 22.5 Å². The molecule has 4 heteroatoms. The van der Waals surface area contributed by atoms with Crippen LogP contribution in [-0.2, 0) is 11.3 Å². The topological polar surface area (TPSA) is 54.0 Å². The van der Waals surface area contributed by atoms with E-state index in [4.69, 9.17) is 0 Å². The van der Waals surface area contributed by atoms with E-state index in [0.717, 1.165) is 18.4 Å². The molecule has 1 amide bonds. The highest BCUT2D eigenvalue weighted by Crippen LogP contribution is 2.17. The number of aryl methyl sites for hydroxylation is 1. The van der Waals surface area contributed by atoms with E-state index in [-0.39, 0.29) is 5.91 Å². The maximum atomic E-state index is 11.8. The number of hydrogen-bond donors (Lipinski definition) is 2. The molecule has 0 aromatic carbocycles. The molecule has 2 N–H and O–H groups in total. The molecule has 0 unspecified atom stereocenters. The molecule has 0 aliphatic heterocycles. The van der Waals surface area contributed by atoms with Gasteiger partial charge in [-0.05, 0) is 37.0 Å². The lowest BCUT2D eigenvalue weighted by Gasteiger charge is -2.22. The number of aromatic nitrogens is 1. The van der Waals surface area contributed by atoms with Gasteiger partial charge in [0.15, 0.2) is 0 Å². The Balaban J connectivity index is 1.67. The molecular weight excluding hydrogens is 238 g/mol. The van der Waals surface area contributed by atoms with E-state index in [0.29, 0.717) is 19.1 Å². The van der Waals surface area contributed by atoms with Crippen LogP contribution in [0.1, 0.15) is 43.2 Å². The predicted octanol–water partition coefficient (Wildman–Crippen LogP) is 1.93. The monoisotopic (exact) mass is 261 g/mol. The van der Waals surface area contributed by atoms with Crippen molar-refractivity contribution in [3.8, 4) is 0 Å². The fraction of sp³-hybridized carbons (Fsp3) is 0.600. The van der Waals surface area contributed by atoms with Crippen LogP contribution in [0.5, 0.6) is 0 Å². The van der Waals surface area contributed by atoms with Crippen molar-refractivity contribution in [3.63, 3.8) is 0 Å². The predicted molar refractivity (Wildman–Crippen MR) is 75.7 cm³/mol.